The third kappa shape index (κ3) is 5.62. The number of pyridine rings is 1. The smallest absolute Gasteiger partial charge is 0.201 e. The first kappa shape index (κ1) is 35.5. The number of hydrogen-bond donors (Lipinski definition) is 1. The van der Waals surface area contributed by atoms with Gasteiger partial charge in [-0.1, -0.05) is 27.7 Å². The second-order valence-electron chi connectivity index (χ2n) is 18.4. The Balaban J connectivity index is 1.01. The Labute approximate surface area is 302 Å². The molecule has 2 saturated carbocycles. The quantitative estimate of drug-likeness (QED) is 0.294. The van der Waals surface area contributed by atoms with Crippen molar-refractivity contribution in [3.63, 3.8) is 0 Å². The Morgan fingerprint density at radius 3 is 1.69 bits per heavy atom. The Kier molecular flexibility index (Phi) is 8.79. The average molecular weight is 714 g/mol. The van der Waals surface area contributed by atoms with E-state index in [0.29, 0.717) is 31.3 Å². The molecule has 11 nitrogen and oxygen atoms in total. The van der Waals surface area contributed by atoms with E-state index in [1.165, 1.54) is 0 Å². The predicted octanol–water partition coefficient (Wildman–Crippen LogP) is 6.61. The van der Waals surface area contributed by atoms with Gasteiger partial charge in [0.05, 0.1) is 31.0 Å². The van der Waals surface area contributed by atoms with Crippen LogP contribution in [0.5, 0.6) is 0 Å². The van der Waals surface area contributed by atoms with Crippen molar-refractivity contribution < 1.29 is 48.3 Å². The Bertz CT molecular complexity index is 1350. The highest BCUT2D eigenvalue weighted by Gasteiger charge is 2.71. The highest BCUT2D eigenvalue weighted by molar-refractivity contribution is 5.13. The van der Waals surface area contributed by atoms with E-state index in [1.54, 1.807) is 12.4 Å². The summed E-state index contributed by atoms with van der Waals surface area (Å²) in [6, 6.07) is 3.89. The van der Waals surface area contributed by atoms with Crippen LogP contribution in [-0.2, 0) is 49.8 Å². The predicted molar refractivity (Wildman–Crippen MR) is 182 cm³/mol. The van der Waals surface area contributed by atoms with Gasteiger partial charge in [0.15, 0.2) is 23.8 Å². The van der Waals surface area contributed by atoms with Crippen LogP contribution < -0.4 is 0 Å². The monoisotopic (exact) mass is 713 g/mol. The number of rotatable bonds is 8. The molecule has 2 spiro atoms. The molecule has 4 bridgehead atoms. The van der Waals surface area contributed by atoms with Crippen LogP contribution >= 0.6 is 0 Å². The van der Waals surface area contributed by atoms with Gasteiger partial charge in [-0.25, -0.2) is 19.6 Å². The molecule has 11 rings (SSSR count). The average Bonchev–Trinajstić information content (AvgIpc) is 3.48. The molecule has 8 aliphatic heterocycles. The van der Waals surface area contributed by atoms with E-state index in [2.05, 4.69) is 32.7 Å². The van der Waals surface area contributed by atoms with Crippen molar-refractivity contribution >= 4 is 0 Å². The fourth-order valence-electron chi connectivity index (χ4n) is 12.2. The van der Waals surface area contributed by atoms with Crippen molar-refractivity contribution in [3.8, 4) is 0 Å². The number of aliphatic hydroxyl groups is 1. The number of fused-ring (bicyclic) bond motifs is 4. The molecule has 1 N–H and O–H groups in total. The van der Waals surface area contributed by atoms with Crippen LogP contribution in [-0.4, -0.2) is 69.9 Å². The molecule has 9 heterocycles. The van der Waals surface area contributed by atoms with Crippen LogP contribution in [0.3, 0.4) is 0 Å². The van der Waals surface area contributed by atoms with Crippen molar-refractivity contribution in [1.82, 2.24) is 4.98 Å². The third-order valence-electron chi connectivity index (χ3n) is 15.1. The molecule has 11 heteroatoms. The molecule has 1 aromatic rings. The van der Waals surface area contributed by atoms with E-state index < -0.39 is 41.0 Å². The van der Waals surface area contributed by atoms with Crippen LogP contribution in [0.4, 0.5) is 0 Å². The van der Waals surface area contributed by atoms with E-state index >= 15 is 0 Å². The summed E-state index contributed by atoms with van der Waals surface area (Å²) in [5.74, 6) is 0.350. The van der Waals surface area contributed by atoms with Gasteiger partial charge >= 0.3 is 0 Å². The lowest BCUT2D eigenvalue weighted by Crippen LogP contribution is -2.71. The zero-order valence-corrected chi connectivity index (χ0v) is 31.3. The Morgan fingerprint density at radius 2 is 1.20 bits per heavy atom. The topological polar surface area (TPSA) is 116 Å². The standard InChI is InChI=1S/C40H59NO10/c1-23-7-9-30-25(3)32(44-34-39(30)28(23)11-15-36(5,46-34)48-50-39)19-38(42,22-43-21-27-13-17-41-18-14-27)20-33-26(4)31-10-8-24(2)29-12-16-37(6)47-35(45-33)40(29,31)51-49-37/h13-14,17-18,23-26,28-35,42H,7-12,15-16,19-22H2,1-6H3/t23-,24-,25-,26-,28+,29+,30+,31+,32-,33-,34-,35-,36+,37+,39-,40-/m1/s1. The van der Waals surface area contributed by atoms with Crippen LogP contribution in [0.25, 0.3) is 0 Å². The molecule has 10 aliphatic rings. The largest absolute Gasteiger partial charge is 0.387 e. The van der Waals surface area contributed by atoms with Crippen molar-refractivity contribution in [3.05, 3.63) is 30.1 Å². The first-order valence-corrected chi connectivity index (χ1v) is 20.0. The minimum absolute atomic E-state index is 0.0950. The van der Waals surface area contributed by atoms with E-state index in [9.17, 15) is 5.11 Å². The summed E-state index contributed by atoms with van der Waals surface area (Å²) < 4.78 is 33.8. The maximum absolute atomic E-state index is 12.9. The summed E-state index contributed by atoms with van der Waals surface area (Å²) in [5.41, 5.74) is -1.57. The van der Waals surface area contributed by atoms with Gasteiger partial charge in [-0.3, -0.25) is 4.98 Å². The third-order valence-corrected chi connectivity index (χ3v) is 15.1. The lowest BCUT2D eigenvalue weighted by molar-refractivity contribution is -0.572. The zero-order valence-electron chi connectivity index (χ0n) is 31.3. The number of ether oxygens (including phenoxy) is 5. The maximum atomic E-state index is 12.9. The van der Waals surface area contributed by atoms with Gasteiger partial charge < -0.3 is 28.8 Å². The van der Waals surface area contributed by atoms with Crippen molar-refractivity contribution in [1.29, 1.82) is 0 Å². The van der Waals surface area contributed by atoms with E-state index in [4.69, 9.17) is 43.2 Å². The zero-order chi connectivity index (χ0) is 35.4. The van der Waals surface area contributed by atoms with Crippen LogP contribution in [0.2, 0.25) is 0 Å². The number of nitrogens with zero attached hydrogens (tertiary/aromatic N) is 1. The van der Waals surface area contributed by atoms with Crippen LogP contribution in [0, 0.1) is 47.3 Å². The summed E-state index contributed by atoms with van der Waals surface area (Å²) in [5, 5.41) is 12.9. The molecule has 51 heavy (non-hydrogen) atoms. The summed E-state index contributed by atoms with van der Waals surface area (Å²) in [4.78, 5) is 29.1. The molecule has 16 atom stereocenters. The SMILES string of the molecule is C[C@H]1[C@@H](CC(O)(COCc2ccncc2)C[C@H]2O[C@@H]3O[C@]4(C)CC[C@H]5[C@H](C)CC[C@@H]([C@H]2C)[C@@]35OO4)O[C@@H]2O[C@]3(C)CC[C@H]4[C@H](C)CC[C@@H]1[C@@]24OO3. The minimum atomic E-state index is -1.27. The lowest BCUT2D eigenvalue weighted by Gasteiger charge is -2.61. The molecule has 1 aromatic heterocycles. The number of hydrogen-bond acceptors (Lipinski definition) is 11. The van der Waals surface area contributed by atoms with Crippen molar-refractivity contribution in [2.75, 3.05) is 6.61 Å². The second kappa shape index (κ2) is 12.6. The normalized spacial score (nSPS) is 52.6. The molecule has 0 amide bonds. The molecule has 0 aromatic carbocycles. The molecule has 284 valence electrons. The van der Waals surface area contributed by atoms with Gasteiger partial charge in [0.1, 0.15) is 0 Å². The highest BCUT2D eigenvalue weighted by atomic mass is 17.3. The molecule has 0 unspecified atom stereocenters. The van der Waals surface area contributed by atoms with E-state index in [-0.39, 0.29) is 54.3 Å². The molecule has 10 fully saturated rings. The minimum Gasteiger partial charge on any atom is -0.387 e. The molecule has 2 aliphatic carbocycles. The highest BCUT2D eigenvalue weighted by Crippen LogP contribution is 2.63. The van der Waals surface area contributed by atoms with E-state index in [0.717, 1.165) is 56.9 Å². The fourth-order valence-corrected chi connectivity index (χ4v) is 12.2. The molecular formula is C40H59NO10. The molecule has 0 radical (unpaired) electrons. The summed E-state index contributed by atoms with van der Waals surface area (Å²) >= 11 is 0. The second-order valence-corrected chi connectivity index (χ2v) is 18.4. The fraction of sp³-hybridized carbons (Fsp3) is 0.875. The van der Waals surface area contributed by atoms with Crippen LogP contribution in [0.15, 0.2) is 24.5 Å². The van der Waals surface area contributed by atoms with Crippen molar-refractivity contribution in [2.24, 2.45) is 47.3 Å². The Hall–Kier alpha value is -1.25. The van der Waals surface area contributed by atoms with Crippen LogP contribution in [0.1, 0.15) is 111 Å². The van der Waals surface area contributed by atoms with E-state index in [1.807, 2.05) is 26.0 Å². The summed E-state index contributed by atoms with van der Waals surface area (Å²) in [6.07, 6.45) is 10.3. The summed E-state index contributed by atoms with van der Waals surface area (Å²) in [6.45, 7) is 13.6. The number of aromatic nitrogens is 1. The van der Waals surface area contributed by atoms with Gasteiger partial charge in [-0.05, 0) is 106 Å². The lowest BCUT2D eigenvalue weighted by atomic mass is 9.56. The van der Waals surface area contributed by atoms with Crippen molar-refractivity contribution in [2.45, 2.75) is 166 Å². The van der Waals surface area contributed by atoms with Gasteiger partial charge in [-0.2, -0.15) is 0 Å². The first-order valence-electron chi connectivity index (χ1n) is 20.0. The Morgan fingerprint density at radius 1 is 0.706 bits per heavy atom. The van der Waals surface area contributed by atoms with Gasteiger partial charge in [0.25, 0.3) is 0 Å². The summed E-state index contributed by atoms with van der Waals surface area (Å²) in [7, 11) is 0. The van der Waals surface area contributed by atoms with Gasteiger partial charge in [-0.15, -0.1) is 0 Å². The first-order chi connectivity index (χ1) is 24.4. The van der Waals surface area contributed by atoms with Gasteiger partial charge in [0, 0.05) is 49.9 Å². The van der Waals surface area contributed by atoms with Gasteiger partial charge in [0.2, 0.25) is 11.6 Å². The maximum Gasteiger partial charge on any atom is 0.201 e. The molecular weight excluding hydrogens is 654 g/mol. The molecule has 8 saturated heterocycles.